The Bertz CT molecular complexity index is 652. The fraction of sp³-hybridized carbons (Fsp3) is 0.444. The minimum Gasteiger partial charge on any atom is -0.353 e. The van der Waals surface area contributed by atoms with E-state index in [4.69, 9.17) is 0 Å². The van der Waals surface area contributed by atoms with Crippen molar-refractivity contribution in [3.8, 4) is 0 Å². The van der Waals surface area contributed by atoms with Crippen molar-refractivity contribution in [3.63, 3.8) is 0 Å². The van der Waals surface area contributed by atoms with Gasteiger partial charge in [-0.25, -0.2) is 4.98 Å². The van der Waals surface area contributed by atoms with Crippen LogP contribution in [0.25, 0.3) is 0 Å². The number of rotatable bonds is 7. The first-order valence-corrected chi connectivity index (χ1v) is 8.09. The van der Waals surface area contributed by atoms with Gasteiger partial charge in [0, 0.05) is 30.5 Å². The molecule has 0 aliphatic heterocycles. The van der Waals surface area contributed by atoms with Crippen molar-refractivity contribution in [2.75, 3.05) is 37.8 Å². The number of para-hydroxylation sites is 1. The molecule has 2 aromatic rings. The van der Waals surface area contributed by atoms with Crippen LogP contribution in [0.4, 0.5) is 17.5 Å². The standard InChI is InChI=1S/C18H27N5/c1-6-15-9-7-8-13(2)17(15)21-16-12-14(3)20-18(22-16)19-10-11-23(4)5/h7-9,12H,6,10-11H2,1-5H3,(H2,19,20,21,22). The quantitative estimate of drug-likeness (QED) is 0.821. The van der Waals surface area contributed by atoms with Crippen molar-refractivity contribution in [1.82, 2.24) is 14.9 Å². The van der Waals surface area contributed by atoms with Crippen LogP contribution < -0.4 is 10.6 Å². The van der Waals surface area contributed by atoms with Crippen LogP contribution in [0.5, 0.6) is 0 Å². The van der Waals surface area contributed by atoms with Gasteiger partial charge in [0.05, 0.1) is 0 Å². The molecular weight excluding hydrogens is 286 g/mol. The van der Waals surface area contributed by atoms with E-state index in [0.717, 1.165) is 36.7 Å². The summed E-state index contributed by atoms with van der Waals surface area (Å²) >= 11 is 0. The molecule has 0 aliphatic rings. The predicted molar refractivity (Wildman–Crippen MR) is 97.7 cm³/mol. The fourth-order valence-corrected chi connectivity index (χ4v) is 2.43. The first-order valence-electron chi connectivity index (χ1n) is 8.09. The summed E-state index contributed by atoms with van der Waals surface area (Å²) in [5.41, 5.74) is 4.61. The lowest BCUT2D eigenvalue weighted by Gasteiger charge is -2.15. The fourth-order valence-electron chi connectivity index (χ4n) is 2.43. The van der Waals surface area contributed by atoms with Gasteiger partial charge in [0.1, 0.15) is 5.82 Å². The van der Waals surface area contributed by atoms with Gasteiger partial charge < -0.3 is 15.5 Å². The highest BCUT2D eigenvalue weighted by Crippen LogP contribution is 2.25. The minimum atomic E-state index is 0.668. The second-order valence-corrected chi connectivity index (χ2v) is 6.04. The Morgan fingerprint density at radius 3 is 2.61 bits per heavy atom. The zero-order valence-corrected chi connectivity index (χ0v) is 14.8. The maximum atomic E-state index is 4.59. The number of aromatic nitrogens is 2. The van der Waals surface area contributed by atoms with E-state index in [-0.39, 0.29) is 0 Å². The minimum absolute atomic E-state index is 0.668. The van der Waals surface area contributed by atoms with Gasteiger partial charge in [-0.05, 0) is 45.5 Å². The monoisotopic (exact) mass is 313 g/mol. The lowest BCUT2D eigenvalue weighted by Crippen LogP contribution is -2.21. The molecule has 0 saturated carbocycles. The number of hydrogen-bond donors (Lipinski definition) is 2. The summed E-state index contributed by atoms with van der Waals surface area (Å²) in [7, 11) is 4.10. The molecule has 1 heterocycles. The third kappa shape index (κ3) is 4.93. The molecule has 0 saturated heterocycles. The zero-order valence-electron chi connectivity index (χ0n) is 14.8. The maximum absolute atomic E-state index is 4.59. The third-order valence-corrected chi connectivity index (χ3v) is 3.69. The number of nitrogens with zero attached hydrogens (tertiary/aromatic N) is 3. The molecule has 2 rings (SSSR count). The van der Waals surface area contributed by atoms with Crippen LogP contribution in [0.2, 0.25) is 0 Å². The molecule has 0 radical (unpaired) electrons. The van der Waals surface area contributed by atoms with Crippen molar-refractivity contribution >= 4 is 17.5 Å². The Balaban J connectivity index is 2.19. The van der Waals surface area contributed by atoms with E-state index in [2.05, 4.69) is 71.6 Å². The largest absolute Gasteiger partial charge is 0.353 e. The van der Waals surface area contributed by atoms with E-state index < -0.39 is 0 Å². The molecule has 0 amide bonds. The van der Waals surface area contributed by atoms with E-state index in [1.54, 1.807) is 0 Å². The Labute approximate surface area is 139 Å². The van der Waals surface area contributed by atoms with Crippen LogP contribution in [0.15, 0.2) is 24.3 Å². The molecule has 0 spiro atoms. The van der Waals surface area contributed by atoms with Crippen LogP contribution in [-0.4, -0.2) is 42.1 Å². The lowest BCUT2D eigenvalue weighted by molar-refractivity contribution is 0.425. The molecule has 0 atom stereocenters. The summed E-state index contributed by atoms with van der Waals surface area (Å²) in [5, 5.41) is 6.75. The molecule has 2 N–H and O–H groups in total. The number of aryl methyl sites for hydroxylation is 3. The normalized spacial score (nSPS) is 10.9. The molecule has 5 nitrogen and oxygen atoms in total. The Morgan fingerprint density at radius 1 is 1.13 bits per heavy atom. The zero-order chi connectivity index (χ0) is 16.8. The van der Waals surface area contributed by atoms with Crippen molar-refractivity contribution in [3.05, 3.63) is 41.1 Å². The van der Waals surface area contributed by atoms with Gasteiger partial charge in [-0.1, -0.05) is 25.1 Å². The highest BCUT2D eigenvalue weighted by Gasteiger charge is 2.07. The molecule has 0 bridgehead atoms. The summed E-state index contributed by atoms with van der Waals surface area (Å²) < 4.78 is 0. The van der Waals surface area contributed by atoms with E-state index in [1.165, 1.54) is 11.1 Å². The summed E-state index contributed by atoms with van der Waals surface area (Å²) in [6.45, 7) is 8.03. The lowest BCUT2D eigenvalue weighted by atomic mass is 10.1. The highest BCUT2D eigenvalue weighted by molar-refractivity contribution is 5.65. The van der Waals surface area contributed by atoms with Gasteiger partial charge in [-0.2, -0.15) is 4.98 Å². The molecular formula is C18H27N5. The molecule has 23 heavy (non-hydrogen) atoms. The number of nitrogens with one attached hydrogen (secondary N) is 2. The van der Waals surface area contributed by atoms with E-state index in [9.17, 15) is 0 Å². The molecule has 124 valence electrons. The predicted octanol–water partition coefficient (Wildman–Crippen LogP) is 3.37. The van der Waals surface area contributed by atoms with E-state index in [0.29, 0.717) is 5.95 Å². The smallest absolute Gasteiger partial charge is 0.224 e. The molecule has 1 aromatic carbocycles. The van der Waals surface area contributed by atoms with Gasteiger partial charge in [0.15, 0.2) is 0 Å². The van der Waals surface area contributed by atoms with Gasteiger partial charge in [0.25, 0.3) is 0 Å². The third-order valence-electron chi connectivity index (χ3n) is 3.69. The van der Waals surface area contributed by atoms with Gasteiger partial charge in [0.2, 0.25) is 5.95 Å². The van der Waals surface area contributed by atoms with Gasteiger partial charge in [-0.3, -0.25) is 0 Å². The Kier molecular flexibility index (Phi) is 5.93. The number of hydrogen-bond acceptors (Lipinski definition) is 5. The average molecular weight is 313 g/mol. The molecule has 0 unspecified atom stereocenters. The summed E-state index contributed by atoms with van der Waals surface area (Å²) in [4.78, 5) is 11.2. The SMILES string of the molecule is CCc1cccc(C)c1Nc1cc(C)nc(NCCN(C)C)n1. The average Bonchev–Trinajstić information content (AvgIpc) is 2.48. The second-order valence-electron chi connectivity index (χ2n) is 6.04. The molecule has 0 fully saturated rings. The van der Waals surface area contributed by atoms with Crippen molar-refractivity contribution in [1.29, 1.82) is 0 Å². The van der Waals surface area contributed by atoms with Crippen LogP contribution >= 0.6 is 0 Å². The topological polar surface area (TPSA) is 53.1 Å². The van der Waals surface area contributed by atoms with Crippen LogP contribution in [0.1, 0.15) is 23.7 Å². The number of likely N-dealkylation sites (N-methyl/N-ethyl adjacent to an activating group) is 1. The van der Waals surface area contributed by atoms with E-state index >= 15 is 0 Å². The Morgan fingerprint density at radius 2 is 1.91 bits per heavy atom. The molecule has 5 heteroatoms. The van der Waals surface area contributed by atoms with Crippen LogP contribution in [-0.2, 0) is 6.42 Å². The summed E-state index contributed by atoms with van der Waals surface area (Å²) in [6, 6.07) is 8.34. The number of benzene rings is 1. The second kappa shape index (κ2) is 7.92. The van der Waals surface area contributed by atoms with Crippen molar-refractivity contribution in [2.45, 2.75) is 27.2 Å². The molecule has 0 aliphatic carbocycles. The Hall–Kier alpha value is -2.14. The first kappa shape index (κ1) is 17.2. The number of anilines is 3. The van der Waals surface area contributed by atoms with Crippen molar-refractivity contribution < 1.29 is 0 Å². The van der Waals surface area contributed by atoms with Gasteiger partial charge in [-0.15, -0.1) is 0 Å². The summed E-state index contributed by atoms with van der Waals surface area (Å²) in [6.07, 6.45) is 0.988. The van der Waals surface area contributed by atoms with Crippen molar-refractivity contribution in [2.24, 2.45) is 0 Å². The van der Waals surface area contributed by atoms with Crippen LogP contribution in [0, 0.1) is 13.8 Å². The highest BCUT2D eigenvalue weighted by atomic mass is 15.2. The summed E-state index contributed by atoms with van der Waals surface area (Å²) in [5.74, 6) is 1.50. The van der Waals surface area contributed by atoms with E-state index in [1.807, 2.05) is 13.0 Å². The first-order chi connectivity index (χ1) is 11.0. The maximum Gasteiger partial charge on any atom is 0.224 e. The van der Waals surface area contributed by atoms with Crippen LogP contribution in [0.3, 0.4) is 0 Å². The van der Waals surface area contributed by atoms with Gasteiger partial charge >= 0.3 is 0 Å². The molecule has 1 aromatic heterocycles.